The minimum Gasteiger partial charge on any atom is -0.444 e. The standard InChI is InChI=1S/C22H26N4O5/c1-22(2,3)31-21(28)24-13-14-25(19(15-24)16-7-5-4-6-8-16)20(27)23-17-9-11-18(12-10-17)26(29)30/h4-12,19H,13-15H2,1-3H3,(H,23,27). The molecule has 164 valence electrons. The molecule has 2 aromatic rings. The fourth-order valence-corrected chi connectivity index (χ4v) is 3.34. The van der Waals surface area contributed by atoms with Gasteiger partial charge in [0.05, 0.1) is 11.0 Å². The number of nitro benzene ring substituents is 1. The number of carbonyl (C=O) groups excluding carboxylic acids is 2. The lowest BCUT2D eigenvalue weighted by atomic mass is 10.0. The number of non-ortho nitro benzene ring substituents is 1. The maximum atomic E-state index is 13.0. The third-order valence-corrected chi connectivity index (χ3v) is 4.81. The second kappa shape index (κ2) is 9.03. The molecule has 1 saturated heterocycles. The Balaban J connectivity index is 1.77. The van der Waals surface area contributed by atoms with Gasteiger partial charge in [0.1, 0.15) is 5.60 Å². The van der Waals surface area contributed by atoms with E-state index in [9.17, 15) is 19.7 Å². The van der Waals surface area contributed by atoms with E-state index >= 15 is 0 Å². The smallest absolute Gasteiger partial charge is 0.410 e. The number of nitrogens with one attached hydrogen (secondary N) is 1. The quantitative estimate of drug-likeness (QED) is 0.578. The highest BCUT2D eigenvalue weighted by Gasteiger charge is 2.35. The molecule has 1 heterocycles. The lowest BCUT2D eigenvalue weighted by molar-refractivity contribution is -0.384. The lowest BCUT2D eigenvalue weighted by Crippen LogP contribution is -2.54. The van der Waals surface area contributed by atoms with Crippen molar-refractivity contribution in [2.45, 2.75) is 32.4 Å². The molecule has 9 heteroatoms. The van der Waals surface area contributed by atoms with Gasteiger partial charge >= 0.3 is 12.1 Å². The molecule has 0 radical (unpaired) electrons. The maximum absolute atomic E-state index is 13.0. The summed E-state index contributed by atoms with van der Waals surface area (Å²) >= 11 is 0. The van der Waals surface area contributed by atoms with E-state index < -0.39 is 16.6 Å². The van der Waals surface area contributed by atoms with Gasteiger partial charge in [-0.2, -0.15) is 0 Å². The van der Waals surface area contributed by atoms with E-state index in [0.717, 1.165) is 5.56 Å². The summed E-state index contributed by atoms with van der Waals surface area (Å²) in [5.74, 6) is 0. The molecule has 1 unspecified atom stereocenters. The van der Waals surface area contributed by atoms with Crippen molar-refractivity contribution in [2.24, 2.45) is 0 Å². The summed E-state index contributed by atoms with van der Waals surface area (Å²) in [5.41, 5.74) is 0.696. The molecule has 0 bridgehead atoms. The number of urea groups is 1. The average Bonchev–Trinajstić information content (AvgIpc) is 2.73. The topological polar surface area (TPSA) is 105 Å². The van der Waals surface area contributed by atoms with E-state index in [0.29, 0.717) is 25.3 Å². The maximum Gasteiger partial charge on any atom is 0.410 e. The van der Waals surface area contributed by atoms with Crippen LogP contribution < -0.4 is 5.32 Å². The number of ether oxygens (including phenoxy) is 1. The summed E-state index contributed by atoms with van der Waals surface area (Å²) in [6, 6.07) is 14.4. The van der Waals surface area contributed by atoms with Crippen LogP contribution in [0.1, 0.15) is 32.4 Å². The molecule has 0 aliphatic carbocycles. The Hall–Kier alpha value is -3.62. The molecule has 2 aromatic carbocycles. The van der Waals surface area contributed by atoms with Crippen molar-refractivity contribution < 1.29 is 19.2 Å². The molecule has 1 aliphatic heterocycles. The van der Waals surface area contributed by atoms with Crippen molar-refractivity contribution in [3.8, 4) is 0 Å². The SMILES string of the molecule is CC(C)(C)OC(=O)N1CCN(C(=O)Nc2ccc([N+](=O)[O-])cc2)C(c2ccccc2)C1. The second-order valence-corrected chi connectivity index (χ2v) is 8.28. The van der Waals surface area contributed by atoms with Gasteiger partial charge in [-0.1, -0.05) is 30.3 Å². The first kappa shape index (κ1) is 22.1. The van der Waals surface area contributed by atoms with Crippen molar-refractivity contribution in [1.82, 2.24) is 9.80 Å². The number of carbonyl (C=O) groups is 2. The Bertz CT molecular complexity index is 941. The third kappa shape index (κ3) is 5.71. The van der Waals surface area contributed by atoms with Crippen LogP contribution in [0.4, 0.5) is 21.0 Å². The van der Waals surface area contributed by atoms with Crippen LogP contribution in [0.5, 0.6) is 0 Å². The predicted octanol–water partition coefficient (Wildman–Crippen LogP) is 4.42. The fraction of sp³-hybridized carbons (Fsp3) is 0.364. The molecule has 1 fully saturated rings. The van der Waals surface area contributed by atoms with E-state index in [4.69, 9.17) is 4.74 Å². The van der Waals surface area contributed by atoms with Gasteiger partial charge in [-0.25, -0.2) is 9.59 Å². The number of nitro groups is 1. The van der Waals surface area contributed by atoms with Gasteiger partial charge in [-0.05, 0) is 38.5 Å². The van der Waals surface area contributed by atoms with Crippen LogP contribution in [0.3, 0.4) is 0 Å². The minimum atomic E-state index is -0.607. The van der Waals surface area contributed by atoms with Gasteiger partial charge < -0.3 is 19.9 Å². The van der Waals surface area contributed by atoms with Crippen LogP contribution in [-0.2, 0) is 4.74 Å². The highest BCUT2D eigenvalue weighted by atomic mass is 16.6. The fourth-order valence-electron chi connectivity index (χ4n) is 3.34. The van der Waals surface area contributed by atoms with Crippen molar-refractivity contribution >= 4 is 23.5 Å². The Kier molecular flexibility index (Phi) is 6.43. The van der Waals surface area contributed by atoms with E-state index in [1.54, 1.807) is 9.80 Å². The predicted molar refractivity (Wildman–Crippen MR) is 116 cm³/mol. The van der Waals surface area contributed by atoms with Gasteiger partial charge in [-0.3, -0.25) is 10.1 Å². The number of hydrogen-bond donors (Lipinski definition) is 1. The van der Waals surface area contributed by atoms with Crippen LogP contribution in [0.2, 0.25) is 0 Å². The molecule has 3 amide bonds. The van der Waals surface area contributed by atoms with E-state index in [1.807, 2.05) is 51.1 Å². The Morgan fingerprint density at radius 1 is 1.06 bits per heavy atom. The molecule has 31 heavy (non-hydrogen) atoms. The average molecular weight is 426 g/mol. The Morgan fingerprint density at radius 2 is 1.71 bits per heavy atom. The number of rotatable bonds is 3. The number of benzene rings is 2. The second-order valence-electron chi connectivity index (χ2n) is 8.28. The molecule has 1 aliphatic rings. The monoisotopic (exact) mass is 426 g/mol. The zero-order valence-corrected chi connectivity index (χ0v) is 17.8. The van der Waals surface area contributed by atoms with E-state index in [2.05, 4.69) is 5.32 Å². The van der Waals surface area contributed by atoms with Gasteiger partial charge in [0.25, 0.3) is 5.69 Å². The van der Waals surface area contributed by atoms with Crippen molar-refractivity contribution in [2.75, 3.05) is 25.0 Å². The minimum absolute atomic E-state index is 0.0499. The summed E-state index contributed by atoms with van der Waals surface area (Å²) in [4.78, 5) is 39.2. The zero-order chi connectivity index (χ0) is 22.6. The van der Waals surface area contributed by atoms with Gasteiger partial charge in [0.2, 0.25) is 0 Å². The van der Waals surface area contributed by atoms with Gasteiger partial charge in [0.15, 0.2) is 0 Å². The molecule has 1 N–H and O–H groups in total. The number of piperazine rings is 1. The summed E-state index contributed by atoms with van der Waals surface area (Å²) < 4.78 is 5.50. The molecule has 0 saturated carbocycles. The van der Waals surface area contributed by atoms with E-state index in [1.165, 1.54) is 24.3 Å². The normalized spacial score (nSPS) is 16.5. The first-order chi connectivity index (χ1) is 14.6. The first-order valence-electron chi connectivity index (χ1n) is 9.99. The largest absolute Gasteiger partial charge is 0.444 e. The van der Waals surface area contributed by atoms with Gasteiger partial charge in [-0.15, -0.1) is 0 Å². The van der Waals surface area contributed by atoms with Crippen molar-refractivity contribution in [1.29, 1.82) is 0 Å². The van der Waals surface area contributed by atoms with Crippen LogP contribution in [0.25, 0.3) is 0 Å². The summed E-state index contributed by atoms with van der Waals surface area (Å²) in [5, 5.41) is 13.6. The van der Waals surface area contributed by atoms with Crippen LogP contribution in [0.15, 0.2) is 54.6 Å². The number of anilines is 1. The molecule has 0 spiro atoms. The highest BCUT2D eigenvalue weighted by molar-refractivity contribution is 5.90. The first-order valence-corrected chi connectivity index (χ1v) is 9.99. The van der Waals surface area contributed by atoms with Gasteiger partial charge in [0, 0.05) is 37.5 Å². The van der Waals surface area contributed by atoms with E-state index in [-0.39, 0.29) is 17.8 Å². The summed E-state index contributed by atoms with van der Waals surface area (Å²) in [6.07, 6.45) is -0.413. The highest BCUT2D eigenvalue weighted by Crippen LogP contribution is 2.27. The lowest BCUT2D eigenvalue weighted by Gasteiger charge is -2.41. The molecule has 9 nitrogen and oxygen atoms in total. The van der Waals surface area contributed by atoms with Crippen LogP contribution >= 0.6 is 0 Å². The molecule has 0 aromatic heterocycles. The summed E-state index contributed by atoms with van der Waals surface area (Å²) in [6.45, 7) is 6.39. The third-order valence-electron chi connectivity index (χ3n) is 4.81. The van der Waals surface area contributed by atoms with Crippen LogP contribution in [-0.4, -0.2) is 52.1 Å². The van der Waals surface area contributed by atoms with Crippen molar-refractivity contribution in [3.63, 3.8) is 0 Å². The summed E-state index contributed by atoms with van der Waals surface area (Å²) in [7, 11) is 0. The number of nitrogens with zero attached hydrogens (tertiary/aromatic N) is 3. The molecule has 1 atom stereocenters. The number of hydrogen-bond acceptors (Lipinski definition) is 5. The molecule has 3 rings (SSSR count). The molecular weight excluding hydrogens is 400 g/mol. The Labute approximate surface area is 180 Å². The number of amides is 3. The zero-order valence-electron chi connectivity index (χ0n) is 17.8. The van der Waals surface area contributed by atoms with Crippen LogP contribution in [0, 0.1) is 10.1 Å². The Morgan fingerprint density at radius 3 is 2.29 bits per heavy atom. The molecular formula is C22H26N4O5. The van der Waals surface area contributed by atoms with Crippen molar-refractivity contribution in [3.05, 3.63) is 70.3 Å².